The van der Waals surface area contributed by atoms with E-state index in [1.165, 1.54) is 12.2 Å². The van der Waals surface area contributed by atoms with Gasteiger partial charge in [0.25, 0.3) is 0 Å². The van der Waals surface area contributed by atoms with Gasteiger partial charge < -0.3 is 9.47 Å². The topological polar surface area (TPSA) is 47.9 Å². The molecule has 1 heterocycles. The first-order valence-corrected chi connectivity index (χ1v) is 8.95. The highest BCUT2D eigenvalue weighted by Gasteiger charge is 2.39. The van der Waals surface area contributed by atoms with E-state index < -0.39 is 5.54 Å². The minimum Gasteiger partial charge on any atom is -0.493 e. The zero-order chi connectivity index (χ0) is 15.4. The Morgan fingerprint density at radius 2 is 2.18 bits per heavy atom. The summed E-state index contributed by atoms with van der Waals surface area (Å²) in [6.45, 7) is 0. The molecule has 0 amide bonds. The summed E-state index contributed by atoms with van der Waals surface area (Å²) in [7, 11) is 1.65. The van der Waals surface area contributed by atoms with Gasteiger partial charge in [-0.2, -0.15) is 16.8 Å². The van der Waals surface area contributed by atoms with Crippen molar-refractivity contribution in [1.29, 1.82) is 0 Å². The van der Waals surface area contributed by atoms with Gasteiger partial charge in [0.05, 0.1) is 12.6 Å². The maximum Gasteiger partial charge on any atom is 0.235 e. The molecule has 1 saturated heterocycles. The van der Waals surface area contributed by atoms with E-state index in [-0.39, 0.29) is 6.10 Å². The Balaban J connectivity index is 1.87. The third-order valence-electron chi connectivity index (χ3n) is 4.55. The second-order valence-corrected chi connectivity index (χ2v) is 7.06. The number of ether oxygens (including phenoxy) is 2. The molecular formula is C17H21NO3S. The van der Waals surface area contributed by atoms with Gasteiger partial charge in [0, 0.05) is 5.75 Å². The smallest absolute Gasteiger partial charge is 0.235 e. The molecule has 0 radical (unpaired) electrons. The first-order chi connectivity index (χ1) is 10.8. The van der Waals surface area contributed by atoms with Crippen molar-refractivity contribution in [2.24, 2.45) is 4.99 Å². The molecular weight excluding hydrogens is 298 g/mol. The molecule has 5 heteroatoms. The molecule has 1 aliphatic carbocycles. The first-order valence-electron chi connectivity index (χ1n) is 7.79. The van der Waals surface area contributed by atoms with Crippen LogP contribution in [-0.2, 0) is 10.3 Å². The van der Waals surface area contributed by atoms with Crippen LogP contribution in [0.4, 0.5) is 0 Å². The highest BCUT2D eigenvalue weighted by molar-refractivity contribution is 7.99. The first kappa shape index (κ1) is 15.4. The predicted molar refractivity (Wildman–Crippen MR) is 87.6 cm³/mol. The number of isocyanates is 1. The van der Waals surface area contributed by atoms with Crippen molar-refractivity contribution in [2.45, 2.75) is 43.7 Å². The molecule has 1 aromatic rings. The summed E-state index contributed by atoms with van der Waals surface area (Å²) < 4.78 is 11.6. The molecule has 0 bridgehead atoms. The van der Waals surface area contributed by atoms with E-state index >= 15 is 0 Å². The minimum absolute atomic E-state index is 0.231. The quantitative estimate of drug-likeness (QED) is 0.613. The molecule has 0 aromatic heterocycles. The molecule has 1 aliphatic heterocycles. The van der Waals surface area contributed by atoms with Crippen LogP contribution in [0.25, 0.3) is 0 Å². The summed E-state index contributed by atoms with van der Waals surface area (Å²) in [5, 5.41) is 0. The molecule has 0 N–H and O–H groups in total. The lowest BCUT2D eigenvalue weighted by Gasteiger charge is -2.37. The van der Waals surface area contributed by atoms with E-state index in [2.05, 4.69) is 4.99 Å². The number of carbonyl (C=O) groups excluding carboxylic acids is 1. The lowest BCUT2D eigenvalue weighted by Crippen LogP contribution is -2.32. The Labute approximate surface area is 135 Å². The number of hydrogen-bond donors (Lipinski definition) is 0. The maximum atomic E-state index is 10.8. The van der Waals surface area contributed by atoms with E-state index in [0.717, 1.165) is 48.5 Å². The summed E-state index contributed by atoms with van der Waals surface area (Å²) in [5.41, 5.74) is 0.634. The van der Waals surface area contributed by atoms with Crippen LogP contribution in [0.2, 0.25) is 0 Å². The molecule has 1 atom stereocenters. The van der Waals surface area contributed by atoms with E-state index in [1.54, 1.807) is 13.2 Å². The lowest BCUT2D eigenvalue weighted by atomic mass is 9.72. The minimum atomic E-state index is -0.395. The van der Waals surface area contributed by atoms with E-state index in [0.29, 0.717) is 0 Å². The van der Waals surface area contributed by atoms with Crippen LogP contribution in [0, 0.1) is 0 Å². The molecule has 3 rings (SSSR count). The average molecular weight is 319 g/mol. The standard InChI is InChI=1S/C17H21NO3S/c1-20-15-6-5-13(17(18-12-19)7-3-8-17)10-16(15)21-14-4-2-9-22-11-14/h5-6,10,14H,2-4,7-9,11H2,1H3. The van der Waals surface area contributed by atoms with Crippen LogP contribution < -0.4 is 9.47 Å². The molecule has 1 saturated carbocycles. The van der Waals surface area contributed by atoms with Crippen LogP contribution >= 0.6 is 11.8 Å². The van der Waals surface area contributed by atoms with Crippen molar-refractivity contribution in [2.75, 3.05) is 18.6 Å². The second kappa shape index (κ2) is 6.76. The normalized spacial score (nSPS) is 23.0. The summed E-state index contributed by atoms with van der Waals surface area (Å²) in [6, 6.07) is 5.90. The van der Waals surface area contributed by atoms with Crippen LogP contribution in [-0.4, -0.2) is 30.8 Å². The van der Waals surface area contributed by atoms with E-state index in [9.17, 15) is 4.79 Å². The Bertz CT molecular complexity index is 573. The largest absolute Gasteiger partial charge is 0.493 e. The molecule has 2 aliphatic rings. The van der Waals surface area contributed by atoms with Gasteiger partial charge in [0.15, 0.2) is 11.5 Å². The SMILES string of the molecule is COc1ccc(C2(N=C=O)CCC2)cc1OC1CCCSC1. The Morgan fingerprint density at radius 3 is 2.77 bits per heavy atom. The monoisotopic (exact) mass is 319 g/mol. The highest BCUT2D eigenvalue weighted by atomic mass is 32.2. The van der Waals surface area contributed by atoms with Gasteiger partial charge in [0.2, 0.25) is 6.08 Å². The van der Waals surface area contributed by atoms with Crippen molar-refractivity contribution >= 4 is 17.8 Å². The summed E-state index contributed by atoms with van der Waals surface area (Å²) >= 11 is 1.93. The van der Waals surface area contributed by atoms with Crippen LogP contribution in [0.15, 0.2) is 23.2 Å². The summed E-state index contributed by atoms with van der Waals surface area (Å²) in [5.74, 6) is 3.74. The van der Waals surface area contributed by atoms with Crippen LogP contribution in [0.1, 0.15) is 37.7 Å². The average Bonchev–Trinajstić information content (AvgIpc) is 2.52. The van der Waals surface area contributed by atoms with Gasteiger partial charge in [0.1, 0.15) is 6.10 Å². The van der Waals surface area contributed by atoms with E-state index in [1.807, 2.05) is 30.0 Å². The van der Waals surface area contributed by atoms with Crippen molar-refractivity contribution in [3.05, 3.63) is 23.8 Å². The van der Waals surface area contributed by atoms with Crippen molar-refractivity contribution in [3.8, 4) is 11.5 Å². The lowest BCUT2D eigenvalue weighted by molar-refractivity contribution is 0.200. The zero-order valence-corrected chi connectivity index (χ0v) is 13.7. The third kappa shape index (κ3) is 3.01. The summed E-state index contributed by atoms with van der Waals surface area (Å²) in [6.07, 6.45) is 7.12. The van der Waals surface area contributed by atoms with Gasteiger partial charge in [-0.25, -0.2) is 4.79 Å². The van der Waals surface area contributed by atoms with Crippen molar-refractivity contribution < 1.29 is 14.3 Å². The molecule has 118 valence electrons. The fraction of sp³-hybridized carbons (Fsp3) is 0.588. The zero-order valence-electron chi connectivity index (χ0n) is 12.8. The van der Waals surface area contributed by atoms with Gasteiger partial charge >= 0.3 is 0 Å². The number of methoxy groups -OCH3 is 1. The summed E-state index contributed by atoms with van der Waals surface area (Å²) in [4.78, 5) is 14.8. The molecule has 0 spiro atoms. The molecule has 1 aromatic carbocycles. The van der Waals surface area contributed by atoms with Crippen LogP contribution in [0.5, 0.6) is 11.5 Å². The van der Waals surface area contributed by atoms with Crippen LogP contribution in [0.3, 0.4) is 0 Å². The van der Waals surface area contributed by atoms with Crippen molar-refractivity contribution in [3.63, 3.8) is 0 Å². The fourth-order valence-electron chi connectivity index (χ4n) is 3.11. The number of benzene rings is 1. The Kier molecular flexibility index (Phi) is 4.74. The number of hydrogen-bond acceptors (Lipinski definition) is 5. The molecule has 4 nitrogen and oxygen atoms in total. The van der Waals surface area contributed by atoms with Crippen molar-refractivity contribution in [1.82, 2.24) is 0 Å². The van der Waals surface area contributed by atoms with E-state index in [4.69, 9.17) is 9.47 Å². The molecule has 2 fully saturated rings. The Morgan fingerprint density at radius 1 is 1.32 bits per heavy atom. The third-order valence-corrected chi connectivity index (χ3v) is 5.74. The second-order valence-electron chi connectivity index (χ2n) is 5.91. The molecule has 1 unspecified atom stereocenters. The van der Waals surface area contributed by atoms with Gasteiger partial charge in [-0.3, -0.25) is 0 Å². The number of nitrogens with zero attached hydrogens (tertiary/aromatic N) is 1. The fourth-order valence-corrected chi connectivity index (χ4v) is 4.14. The number of thioether (sulfide) groups is 1. The van der Waals surface area contributed by atoms with Gasteiger partial charge in [-0.05, 0) is 55.6 Å². The highest BCUT2D eigenvalue weighted by Crippen LogP contribution is 2.47. The number of aliphatic imine (C=N–C) groups is 1. The Hall–Kier alpha value is -1.45. The van der Waals surface area contributed by atoms with Gasteiger partial charge in [-0.15, -0.1) is 0 Å². The predicted octanol–water partition coefficient (Wildman–Crippen LogP) is 3.68. The maximum absolute atomic E-state index is 10.8. The molecule has 22 heavy (non-hydrogen) atoms. The number of rotatable bonds is 5. The van der Waals surface area contributed by atoms with Gasteiger partial charge in [-0.1, -0.05) is 6.07 Å².